The normalized spacial score (nSPS) is 17.7. The Morgan fingerprint density at radius 1 is 0.786 bits per heavy atom. The molecule has 0 N–H and O–H groups in total. The van der Waals surface area contributed by atoms with Gasteiger partial charge in [0.15, 0.2) is 0 Å². The fourth-order valence-corrected chi connectivity index (χ4v) is 1.23. The summed E-state index contributed by atoms with van der Waals surface area (Å²) in [5.41, 5.74) is 0.160. The van der Waals surface area contributed by atoms with Gasteiger partial charge in [-0.2, -0.15) is 0 Å². The molecule has 84 valence electrons. The third kappa shape index (κ3) is 3.43. The summed E-state index contributed by atoms with van der Waals surface area (Å²) < 4.78 is 0. The number of ketones is 1. The summed E-state index contributed by atoms with van der Waals surface area (Å²) in [4.78, 5) is 12.1. The first kappa shape index (κ1) is 13.7. The van der Waals surface area contributed by atoms with Crippen molar-refractivity contribution >= 4 is 5.78 Å². The molecule has 0 heterocycles. The zero-order valence-electron chi connectivity index (χ0n) is 11.1. The van der Waals surface area contributed by atoms with E-state index >= 15 is 0 Å². The molecule has 0 spiro atoms. The summed E-state index contributed by atoms with van der Waals surface area (Å²) >= 11 is 0. The first-order valence-corrected chi connectivity index (χ1v) is 5.51. The molecule has 0 aliphatic rings. The molecule has 14 heavy (non-hydrogen) atoms. The molecule has 0 saturated heterocycles. The molecule has 0 amide bonds. The van der Waals surface area contributed by atoms with E-state index in [0.29, 0.717) is 5.78 Å². The van der Waals surface area contributed by atoms with Gasteiger partial charge in [-0.3, -0.25) is 4.79 Å². The van der Waals surface area contributed by atoms with Crippen LogP contribution in [0.1, 0.15) is 55.4 Å². The van der Waals surface area contributed by atoms with Crippen LogP contribution in [0, 0.1) is 22.7 Å². The highest BCUT2D eigenvalue weighted by molar-refractivity contribution is 5.84. The molecule has 1 heteroatoms. The summed E-state index contributed by atoms with van der Waals surface area (Å²) in [5, 5.41) is 0. The Hall–Kier alpha value is -0.330. The molecule has 0 unspecified atom stereocenters. The molecule has 0 aromatic rings. The molecule has 0 aliphatic heterocycles. The molecule has 0 aromatic carbocycles. The Bertz CT molecular complexity index is 180. The van der Waals surface area contributed by atoms with Crippen LogP contribution in [0.2, 0.25) is 0 Å². The van der Waals surface area contributed by atoms with Crippen molar-refractivity contribution < 1.29 is 4.79 Å². The molecule has 1 nitrogen and oxygen atoms in total. The Balaban J connectivity index is 4.65. The number of hydrogen-bond donors (Lipinski definition) is 0. The molecule has 0 saturated carbocycles. The summed E-state index contributed by atoms with van der Waals surface area (Å²) in [6.07, 6.45) is 0. The highest BCUT2D eigenvalue weighted by Crippen LogP contribution is 2.34. The van der Waals surface area contributed by atoms with Gasteiger partial charge >= 0.3 is 0 Å². The van der Waals surface area contributed by atoms with Crippen LogP contribution in [0.5, 0.6) is 0 Å². The number of Topliss-reactive ketones (excluding diaryl/α,β-unsaturated/α-hetero) is 1. The van der Waals surface area contributed by atoms with Crippen LogP contribution in [0.4, 0.5) is 0 Å². The first-order chi connectivity index (χ1) is 5.98. The molecule has 0 fully saturated rings. The molecular weight excluding hydrogens is 172 g/mol. The van der Waals surface area contributed by atoms with Crippen LogP contribution in [-0.2, 0) is 4.79 Å². The van der Waals surface area contributed by atoms with Gasteiger partial charge in [-0.25, -0.2) is 0 Å². The first-order valence-electron chi connectivity index (χ1n) is 5.51. The van der Waals surface area contributed by atoms with Gasteiger partial charge in [0.2, 0.25) is 0 Å². The second kappa shape index (κ2) is 4.04. The quantitative estimate of drug-likeness (QED) is 0.657. The Labute approximate surface area is 89.3 Å². The lowest BCUT2D eigenvalue weighted by molar-refractivity contribution is -0.131. The lowest BCUT2D eigenvalue weighted by Crippen LogP contribution is -2.35. The van der Waals surface area contributed by atoms with Crippen molar-refractivity contribution in [3.8, 4) is 0 Å². The molecule has 0 bridgehead atoms. The second-order valence-electron chi connectivity index (χ2n) is 6.58. The van der Waals surface area contributed by atoms with Crippen molar-refractivity contribution in [1.29, 1.82) is 0 Å². The maximum atomic E-state index is 12.1. The van der Waals surface area contributed by atoms with E-state index in [1.54, 1.807) is 0 Å². The fourth-order valence-electron chi connectivity index (χ4n) is 1.23. The number of carbonyl (C=O) groups excluding carboxylic acids is 1. The van der Waals surface area contributed by atoms with Gasteiger partial charge < -0.3 is 0 Å². The molecular formula is C13H26O. The van der Waals surface area contributed by atoms with Gasteiger partial charge in [-0.15, -0.1) is 0 Å². The molecule has 0 aliphatic carbocycles. The second-order valence-corrected chi connectivity index (χ2v) is 6.58. The lowest BCUT2D eigenvalue weighted by Gasteiger charge is -2.33. The van der Waals surface area contributed by atoms with E-state index in [-0.39, 0.29) is 22.7 Å². The van der Waals surface area contributed by atoms with Crippen molar-refractivity contribution in [1.82, 2.24) is 0 Å². The number of rotatable bonds is 2. The van der Waals surface area contributed by atoms with E-state index in [1.165, 1.54) is 0 Å². The molecule has 0 aromatic heterocycles. The zero-order chi connectivity index (χ0) is 11.7. The minimum Gasteiger partial charge on any atom is -0.299 e. The zero-order valence-corrected chi connectivity index (χ0v) is 11.1. The van der Waals surface area contributed by atoms with Crippen LogP contribution < -0.4 is 0 Å². The third-order valence-electron chi connectivity index (χ3n) is 3.45. The van der Waals surface area contributed by atoms with E-state index < -0.39 is 0 Å². The lowest BCUT2D eigenvalue weighted by atomic mass is 9.70. The Morgan fingerprint density at radius 3 is 1.14 bits per heavy atom. The SMILES string of the molecule is C[C@H](C(=O)[C@@H](C)C(C)(C)C)C(C)(C)C. The van der Waals surface area contributed by atoms with Crippen LogP contribution >= 0.6 is 0 Å². The summed E-state index contributed by atoms with van der Waals surface area (Å²) in [7, 11) is 0. The van der Waals surface area contributed by atoms with E-state index in [0.717, 1.165) is 0 Å². The van der Waals surface area contributed by atoms with Crippen LogP contribution in [0.25, 0.3) is 0 Å². The third-order valence-corrected chi connectivity index (χ3v) is 3.45. The monoisotopic (exact) mass is 198 g/mol. The van der Waals surface area contributed by atoms with Crippen molar-refractivity contribution in [3.05, 3.63) is 0 Å². The maximum absolute atomic E-state index is 12.1. The average molecular weight is 198 g/mol. The summed E-state index contributed by atoms with van der Waals surface area (Å²) in [6, 6.07) is 0. The maximum Gasteiger partial charge on any atom is 0.139 e. The molecule has 2 atom stereocenters. The minimum absolute atomic E-state index is 0.0800. The largest absolute Gasteiger partial charge is 0.299 e. The number of carbonyl (C=O) groups is 1. The van der Waals surface area contributed by atoms with Crippen LogP contribution in [0.15, 0.2) is 0 Å². The van der Waals surface area contributed by atoms with Gasteiger partial charge in [0.1, 0.15) is 5.78 Å². The van der Waals surface area contributed by atoms with Gasteiger partial charge in [0, 0.05) is 11.8 Å². The highest BCUT2D eigenvalue weighted by Gasteiger charge is 2.34. The smallest absolute Gasteiger partial charge is 0.139 e. The highest BCUT2D eigenvalue weighted by atomic mass is 16.1. The van der Waals surface area contributed by atoms with Crippen molar-refractivity contribution in [2.45, 2.75) is 55.4 Å². The Kier molecular flexibility index (Phi) is 3.94. The van der Waals surface area contributed by atoms with Crippen LogP contribution in [0.3, 0.4) is 0 Å². The fraction of sp³-hybridized carbons (Fsp3) is 0.923. The van der Waals surface area contributed by atoms with Gasteiger partial charge in [-0.1, -0.05) is 55.4 Å². The Morgan fingerprint density at radius 2 is 1.00 bits per heavy atom. The predicted molar refractivity (Wildman–Crippen MR) is 62.2 cm³/mol. The standard InChI is InChI=1S/C13H26O/c1-9(12(3,4)5)11(14)10(2)13(6,7)8/h9-10H,1-8H3/t9-,10-/m1/s1. The minimum atomic E-state index is 0.0800. The van der Waals surface area contributed by atoms with E-state index in [1.807, 2.05) is 13.8 Å². The van der Waals surface area contributed by atoms with E-state index in [9.17, 15) is 4.79 Å². The van der Waals surface area contributed by atoms with Gasteiger partial charge in [0.25, 0.3) is 0 Å². The van der Waals surface area contributed by atoms with Crippen molar-refractivity contribution in [2.75, 3.05) is 0 Å². The van der Waals surface area contributed by atoms with Gasteiger partial charge in [0.05, 0.1) is 0 Å². The summed E-state index contributed by atoms with van der Waals surface area (Å²) in [5.74, 6) is 0.665. The van der Waals surface area contributed by atoms with Gasteiger partial charge in [-0.05, 0) is 10.8 Å². The van der Waals surface area contributed by atoms with E-state index in [4.69, 9.17) is 0 Å². The molecule has 0 radical (unpaired) electrons. The predicted octanol–water partition coefficient (Wildman–Crippen LogP) is 3.92. The van der Waals surface area contributed by atoms with E-state index in [2.05, 4.69) is 41.5 Å². The topological polar surface area (TPSA) is 17.1 Å². The van der Waals surface area contributed by atoms with Crippen molar-refractivity contribution in [3.63, 3.8) is 0 Å². The number of hydrogen-bond acceptors (Lipinski definition) is 1. The summed E-state index contributed by atoms with van der Waals surface area (Å²) in [6.45, 7) is 16.9. The molecule has 0 rings (SSSR count). The van der Waals surface area contributed by atoms with Crippen molar-refractivity contribution in [2.24, 2.45) is 22.7 Å². The average Bonchev–Trinajstić information content (AvgIpc) is 1.97. The van der Waals surface area contributed by atoms with Crippen LogP contribution in [-0.4, -0.2) is 5.78 Å².